The molecule has 0 radical (unpaired) electrons. The molecule has 2 aromatic rings. The van der Waals surface area contributed by atoms with Crippen LogP contribution >= 0.6 is 0 Å². The fourth-order valence-corrected chi connectivity index (χ4v) is 3.23. The van der Waals surface area contributed by atoms with Gasteiger partial charge in [0.1, 0.15) is 11.5 Å². The zero-order valence-corrected chi connectivity index (χ0v) is 18.3. The molecule has 0 aliphatic heterocycles. The molecule has 0 saturated carbocycles. The van der Waals surface area contributed by atoms with E-state index in [1.54, 1.807) is 12.1 Å². The van der Waals surface area contributed by atoms with Crippen LogP contribution in [0.2, 0.25) is 0 Å². The van der Waals surface area contributed by atoms with E-state index in [0.29, 0.717) is 11.3 Å². The summed E-state index contributed by atoms with van der Waals surface area (Å²) in [5.41, 5.74) is 2.44. The zero-order valence-electron chi connectivity index (χ0n) is 18.3. The summed E-state index contributed by atoms with van der Waals surface area (Å²) >= 11 is 0. The number of hydrogen-bond donors (Lipinski definition) is 1. The van der Waals surface area contributed by atoms with Crippen LogP contribution in [0.3, 0.4) is 0 Å². The smallest absolute Gasteiger partial charge is 0.343 e. The van der Waals surface area contributed by atoms with Gasteiger partial charge in [-0.1, -0.05) is 73.1 Å². The van der Waals surface area contributed by atoms with E-state index in [9.17, 15) is 9.90 Å². The van der Waals surface area contributed by atoms with Crippen molar-refractivity contribution in [1.29, 1.82) is 0 Å². The highest BCUT2D eigenvalue weighted by atomic mass is 16.5. The fourth-order valence-electron chi connectivity index (χ4n) is 3.23. The van der Waals surface area contributed by atoms with Gasteiger partial charge in [-0.2, -0.15) is 0 Å². The van der Waals surface area contributed by atoms with Gasteiger partial charge in [-0.05, 0) is 47.4 Å². The summed E-state index contributed by atoms with van der Waals surface area (Å²) < 4.78 is 5.78. The third-order valence-corrected chi connectivity index (χ3v) is 4.94. The second-order valence-electron chi connectivity index (χ2n) is 9.52. The van der Waals surface area contributed by atoms with Crippen LogP contribution in [0.15, 0.2) is 36.4 Å². The minimum Gasteiger partial charge on any atom is -0.507 e. The van der Waals surface area contributed by atoms with Crippen molar-refractivity contribution in [2.24, 2.45) is 0 Å². The number of rotatable bonds is 5. The van der Waals surface area contributed by atoms with Crippen LogP contribution in [0.25, 0.3) is 0 Å². The molecular weight excluding hydrogens is 348 g/mol. The third-order valence-electron chi connectivity index (χ3n) is 4.94. The number of benzene rings is 2. The maximum Gasteiger partial charge on any atom is 0.343 e. The Balaban J connectivity index is 2.46. The molecule has 0 bridgehead atoms. The predicted molar refractivity (Wildman–Crippen MR) is 116 cm³/mol. The first kappa shape index (κ1) is 22.0. The molecule has 0 atom stereocenters. The summed E-state index contributed by atoms with van der Waals surface area (Å²) in [7, 11) is 0. The van der Waals surface area contributed by atoms with Crippen molar-refractivity contribution in [2.45, 2.75) is 78.6 Å². The van der Waals surface area contributed by atoms with E-state index in [1.165, 1.54) is 0 Å². The lowest BCUT2D eigenvalue weighted by Gasteiger charge is -2.28. The standard InChI is InChI=1S/C25H34O3/c1-8-9-12-17-13-10-11-14-21(17)28-23(27)18-15-19(24(2,3)4)22(26)20(16-18)25(5,6)7/h10-11,13-16,26H,8-9,12H2,1-7H3. The number of ether oxygens (including phenoxy) is 1. The molecule has 0 aliphatic carbocycles. The number of aromatic hydroxyl groups is 1. The summed E-state index contributed by atoms with van der Waals surface area (Å²) in [5, 5.41) is 10.8. The minimum atomic E-state index is -0.389. The number of phenolic OH excluding ortho intramolecular Hbond substituents is 1. The summed E-state index contributed by atoms with van der Waals surface area (Å²) in [5.74, 6) is 0.489. The normalized spacial score (nSPS) is 12.1. The van der Waals surface area contributed by atoms with Gasteiger partial charge in [0, 0.05) is 11.1 Å². The van der Waals surface area contributed by atoms with Gasteiger partial charge in [0.05, 0.1) is 5.56 Å². The third kappa shape index (κ3) is 5.15. The zero-order chi connectivity index (χ0) is 21.1. The van der Waals surface area contributed by atoms with Gasteiger partial charge in [-0.15, -0.1) is 0 Å². The van der Waals surface area contributed by atoms with E-state index < -0.39 is 0 Å². The van der Waals surface area contributed by atoms with Crippen molar-refractivity contribution in [3.8, 4) is 11.5 Å². The number of carbonyl (C=O) groups is 1. The van der Waals surface area contributed by atoms with Gasteiger partial charge in [0.15, 0.2) is 0 Å². The lowest BCUT2D eigenvalue weighted by Crippen LogP contribution is -2.20. The van der Waals surface area contributed by atoms with Gasteiger partial charge in [-0.3, -0.25) is 0 Å². The molecule has 0 unspecified atom stereocenters. The maximum absolute atomic E-state index is 13.0. The molecular formula is C25H34O3. The number of unbranched alkanes of at least 4 members (excludes halogenated alkanes) is 1. The molecule has 1 N–H and O–H groups in total. The van der Waals surface area contributed by atoms with Crippen LogP contribution in [0.4, 0.5) is 0 Å². The van der Waals surface area contributed by atoms with Crippen LogP contribution in [0.5, 0.6) is 11.5 Å². The van der Waals surface area contributed by atoms with E-state index in [1.807, 2.05) is 65.8 Å². The van der Waals surface area contributed by atoms with Crippen molar-refractivity contribution < 1.29 is 14.6 Å². The number of carbonyl (C=O) groups excluding carboxylic acids is 1. The molecule has 0 heterocycles. The first-order chi connectivity index (χ1) is 12.9. The van der Waals surface area contributed by atoms with E-state index in [4.69, 9.17) is 4.74 Å². The Morgan fingerprint density at radius 1 is 0.964 bits per heavy atom. The highest BCUT2D eigenvalue weighted by molar-refractivity contribution is 5.92. The fraction of sp³-hybridized carbons (Fsp3) is 0.480. The van der Waals surface area contributed by atoms with Gasteiger partial charge < -0.3 is 9.84 Å². The summed E-state index contributed by atoms with van der Waals surface area (Å²) in [6, 6.07) is 11.2. The maximum atomic E-state index is 13.0. The Kier molecular flexibility index (Phi) is 6.59. The Morgan fingerprint density at radius 3 is 2.00 bits per heavy atom. The SMILES string of the molecule is CCCCc1ccccc1OC(=O)c1cc(C(C)(C)C)c(O)c(C(C)(C)C)c1. The second kappa shape index (κ2) is 8.38. The monoisotopic (exact) mass is 382 g/mol. The average Bonchev–Trinajstić information content (AvgIpc) is 2.59. The van der Waals surface area contributed by atoms with Crippen LogP contribution in [-0.2, 0) is 17.3 Å². The Morgan fingerprint density at radius 2 is 1.50 bits per heavy atom. The number of esters is 1. The van der Waals surface area contributed by atoms with E-state index in [0.717, 1.165) is 36.0 Å². The number of para-hydroxylation sites is 1. The minimum absolute atomic E-state index is 0.264. The lowest BCUT2D eigenvalue weighted by atomic mass is 9.78. The van der Waals surface area contributed by atoms with Crippen molar-refractivity contribution in [1.82, 2.24) is 0 Å². The number of aryl methyl sites for hydroxylation is 1. The van der Waals surface area contributed by atoms with Gasteiger partial charge in [0.2, 0.25) is 0 Å². The molecule has 152 valence electrons. The van der Waals surface area contributed by atoms with E-state index in [2.05, 4.69) is 6.92 Å². The van der Waals surface area contributed by atoms with Crippen molar-refractivity contribution in [3.05, 3.63) is 58.7 Å². The number of phenols is 1. The summed E-state index contributed by atoms with van der Waals surface area (Å²) in [6.45, 7) is 14.3. The number of hydrogen-bond acceptors (Lipinski definition) is 3. The van der Waals surface area contributed by atoms with E-state index in [-0.39, 0.29) is 22.5 Å². The van der Waals surface area contributed by atoms with Gasteiger partial charge in [-0.25, -0.2) is 4.79 Å². The highest BCUT2D eigenvalue weighted by Crippen LogP contribution is 2.40. The Labute approximate surface area is 169 Å². The van der Waals surface area contributed by atoms with Crippen LogP contribution < -0.4 is 4.74 Å². The van der Waals surface area contributed by atoms with Crippen molar-refractivity contribution in [3.63, 3.8) is 0 Å². The first-order valence-electron chi connectivity index (χ1n) is 10.1. The highest BCUT2D eigenvalue weighted by Gasteiger charge is 2.28. The molecule has 0 aromatic heterocycles. The van der Waals surface area contributed by atoms with Crippen LogP contribution in [-0.4, -0.2) is 11.1 Å². The van der Waals surface area contributed by atoms with Gasteiger partial charge in [0.25, 0.3) is 0 Å². The van der Waals surface area contributed by atoms with Crippen LogP contribution in [0.1, 0.15) is 88.4 Å². The molecule has 2 rings (SSSR count). The summed E-state index contributed by atoms with van der Waals surface area (Å²) in [4.78, 5) is 13.0. The Bertz CT molecular complexity index is 801. The van der Waals surface area contributed by atoms with Crippen molar-refractivity contribution >= 4 is 5.97 Å². The second-order valence-corrected chi connectivity index (χ2v) is 9.52. The predicted octanol–water partition coefficient (Wildman–Crippen LogP) is 6.55. The summed E-state index contributed by atoms with van der Waals surface area (Å²) in [6.07, 6.45) is 3.02. The largest absolute Gasteiger partial charge is 0.507 e. The average molecular weight is 383 g/mol. The van der Waals surface area contributed by atoms with Crippen LogP contribution in [0, 0.1) is 0 Å². The molecule has 28 heavy (non-hydrogen) atoms. The molecule has 3 nitrogen and oxygen atoms in total. The van der Waals surface area contributed by atoms with Gasteiger partial charge >= 0.3 is 5.97 Å². The molecule has 0 fully saturated rings. The first-order valence-corrected chi connectivity index (χ1v) is 10.1. The molecule has 0 amide bonds. The quantitative estimate of drug-likeness (QED) is 0.471. The molecule has 0 saturated heterocycles. The Hall–Kier alpha value is -2.29. The molecule has 3 heteroatoms. The molecule has 0 spiro atoms. The lowest BCUT2D eigenvalue weighted by molar-refractivity contribution is 0.0732. The van der Waals surface area contributed by atoms with Crippen molar-refractivity contribution in [2.75, 3.05) is 0 Å². The molecule has 2 aromatic carbocycles. The van der Waals surface area contributed by atoms with E-state index >= 15 is 0 Å². The topological polar surface area (TPSA) is 46.5 Å². The molecule has 0 aliphatic rings.